The largest absolute Gasteiger partial charge is 0.368 e. The van der Waals surface area contributed by atoms with Gasteiger partial charge in [0.05, 0.1) is 0 Å². The van der Waals surface area contributed by atoms with Gasteiger partial charge in [-0.2, -0.15) is 0 Å². The molecule has 0 N–H and O–H groups in total. The van der Waals surface area contributed by atoms with Crippen molar-refractivity contribution in [3.05, 3.63) is 64.9 Å². The lowest BCUT2D eigenvalue weighted by molar-refractivity contribution is -0.137. The molecular formula is C23H25ClFN3O2. The zero-order valence-electron chi connectivity index (χ0n) is 16.8. The highest BCUT2D eigenvalue weighted by Crippen LogP contribution is 2.24. The maximum absolute atomic E-state index is 13.4. The van der Waals surface area contributed by atoms with E-state index in [2.05, 4.69) is 4.90 Å². The van der Waals surface area contributed by atoms with E-state index < -0.39 is 5.82 Å². The molecule has 0 bridgehead atoms. The van der Waals surface area contributed by atoms with Crippen molar-refractivity contribution in [2.75, 3.05) is 44.2 Å². The number of halogens is 2. The van der Waals surface area contributed by atoms with Gasteiger partial charge in [0.25, 0.3) is 5.91 Å². The number of piperazine rings is 1. The molecule has 2 heterocycles. The van der Waals surface area contributed by atoms with Crippen LogP contribution in [0.4, 0.5) is 10.1 Å². The molecule has 30 heavy (non-hydrogen) atoms. The summed E-state index contributed by atoms with van der Waals surface area (Å²) in [7, 11) is 0. The van der Waals surface area contributed by atoms with Crippen molar-refractivity contribution < 1.29 is 14.0 Å². The highest BCUT2D eigenvalue weighted by Gasteiger charge is 2.32. The first-order valence-corrected chi connectivity index (χ1v) is 10.7. The molecule has 2 amide bonds. The highest BCUT2D eigenvalue weighted by molar-refractivity contribution is 6.30. The Bertz CT molecular complexity index is 922. The maximum Gasteiger partial charge on any atom is 0.253 e. The lowest BCUT2D eigenvalue weighted by Crippen LogP contribution is -2.52. The lowest BCUT2D eigenvalue weighted by atomic mass is 9.94. The molecule has 0 saturated carbocycles. The summed E-state index contributed by atoms with van der Waals surface area (Å²) >= 11 is 6.09. The molecule has 0 aliphatic carbocycles. The fourth-order valence-corrected chi connectivity index (χ4v) is 4.43. The van der Waals surface area contributed by atoms with Gasteiger partial charge in [-0.1, -0.05) is 23.7 Å². The Morgan fingerprint density at radius 2 is 1.57 bits per heavy atom. The van der Waals surface area contributed by atoms with Gasteiger partial charge in [0.1, 0.15) is 5.82 Å². The minimum Gasteiger partial charge on any atom is -0.368 e. The number of amides is 2. The number of nitrogens with zero attached hydrogens (tertiary/aromatic N) is 3. The summed E-state index contributed by atoms with van der Waals surface area (Å²) in [6, 6.07) is 13.5. The zero-order valence-corrected chi connectivity index (χ0v) is 17.5. The fourth-order valence-electron chi connectivity index (χ4n) is 4.25. The molecule has 2 aliphatic rings. The molecule has 2 aliphatic heterocycles. The zero-order chi connectivity index (χ0) is 21.1. The van der Waals surface area contributed by atoms with Crippen LogP contribution in [0.2, 0.25) is 5.02 Å². The summed E-state index contributed by atoms with van der Waals surface area (Å²) in [6.07, 6.45) is 1.29. The van der Waals surface area contributed by atoms with Gasteiger partial charge in [0.2, 0.25) is 5.91 Å². The molecule has 0 unspecified atom stereocenters. The molecule has 2 saturated heterocycles. The second-order valence-electron chi connectivity index (χ2n) is 7.87. The van der Waals surface area contributed by atoms with E-state index in [1.54, 1.807) is 17.0 Å². The molecule has 2 fully saturated rings. The molecule has 0 aromatic heterocycles. The van der Waals surface area contributed by atoms with Crippen molar-refractivity contribution >= 4 is 29.1 Å². The standard InChI is InChI=1S/C23H25ClFN3O2/c24-19-4-2-6-21(16-19)26-11-13-28(14-12-26)22(29)17-7-9-27(10-8-17)23(30)18-3-1-5-20(25)15-18/h1-6,15-17H,7-14H2. The van der Waals surface area contributed by atoms with Crippen molar-refractivity contribution in [1.82, 2.24) is 9.80 Å². The lowest BCUT2D eigenvalue weighted by Gasteiger charge is -2.39. The van der Waals surface area contributed by atoms with Gasteiger partial charge >= 0.3 is 0 Å². The number of hydrogen-bond donors (Lipinski definition) is 0. The predicted molar refractivity (Wildman–Crippen MR) is 115 cm³/mol. The number of rotatable bonds is 3. The number of carbonyl (C=O) groups excluding carboxylic acids is 2. The summed E-state index contributed by atoms with van der Waals surface area (Å²) in [6.45, 7) is 3.98. The summed E-state index contributed by atoms with van der Waals surface area (Å²) in [5.74, 6) is -0.462. The van der Waals surface area contributed by atoms with Crippen LogP contribution in [0, 0.1) is 11.7 Å². The van der Waals surface area contributed by atoms with Crippen molar-refractivity contribution in [3.8, 4) is 0 Å². The minimum absolute atomic E-state index is 0.0562. The van der Waals surface area contributed by atoms with Crippen LogP contribution in [-0.2, 0) is 4.79 Å². The van der Waals surface area contributed by atoms with Crippen LogP contribution < -0.4 is 4.90 Å². The van der Waals surface area contributed by atoms with E-state index in [4.69, 9.17) is 11.6 Å². The van der Waals surface area contributed by atoms with Crippen molar-refractivity contribution in [2.45, 2.75) is 12.8 Å². The summed E-state index contributed by atoms with van der Waals surface area (Å²) in [5.41, 5.74) is 1.44. The number of piperidine rings is 1. The van der Waals surface area contributed by atoms with E-state index in [0.717, 1.165) is 18.8 Å². The third-order valence-corrected chi connectivity index (χ3v) is 6.20. The second kappa shape index (κ2) is 9.04. The minimum atomic E-state index is -0.414. The van der Waals surface area contributed by atoms with Crippen LogP contribution in [-0.4, -0.2) is 60.9 Å². The van der Waals surface area contributed by atoms with Gasteiger partial charge in [0.15, 0.2) is 0 Å². The Morgan fingerprint density at radius 3 is 2.23 bits per heavy atom. The smallest absolute Gasteiger partial charge is 0.253 e. The summed E-state index contributed by atoms with van der Waals surface area (Å²) in [4.78, 5) is 31.5. The molecular weight excluding hydrogens is 405 g/mol. The van der Waals surface area contributed by atoms with Gasteiger partial charge in [-0.3, -0.25) is 9.59 Å². The summed E-state index contributed by atoms with van der Waals surface area (Å²) < 4.78 is 13.4. The molecule has 7 heteroatoms. The molecule has 158 valence electrons. The molecule has 0 spiro atoms. The second-order valence-corrected chi connectivity index (χ2v) is 8.31. The van der Waals surface area contributed by atoms with Crippen LogP contribution in [0.1, 0.15) is 23.2 Å². The molecule has 0 atom stereocenters. The molecule has 2 aromatic carbocycles. The number of hydrogen-bond acceptors (Lipinski definition) is 3. The van der Waals surface area contributed by atoms with Gasteiger partial charge in [-0.05, 0) is 49.2 Å². The number of anilines is 1. The Labute approximate surface area is 181 Å². The van der Waals surface area contributed by atoms with Crippen molar-refractivity contribution in [3.63, 3.8) is 0 Å². The predicted octanol–water partition coefficient (Wildman–Crippen LogP) is 3.68. The Kier molecular flexibility index (Phi) is 6.23. The quantitative estimate of drug-likeness (QED) is 0.747. The SMILES string of the molecule is O=C(c1cccc(F)c1)N1CCC(C(=O)N2CCN(c3cccc(Cl)c3)CC2)CC1. The number of carbonyl (C=O) groups is 2. The third kappa shape index (κ3) is 4.59. The van der Waals surface area contributed by atoms with Crippen molar-refractivity contribution in [1.29, 1.82) is 0 Å². The first kappa shape index (κ1) is 20.7. The van der Waals surface area contributed by atoms with E-state index in [1.165, 1.54) is 12.1 Å². The monoisotopic (exact) mass is 429 g/mol. The first-order valence-electron chi connectivity index (χ1n) is 10.4. The number of benzene rings is 2. The Hall–Kier alpha value is -2.60. The Balaban J connectivity index is 1.28. The fraction of sp³-hybridized carbons (Fsp3) is 0.391. The molecule has 5 nitrogen and oxygen atoms in total. The Morgan fingerprint density at radius 1 is 0.867 bits per heavy atom. The van der Waals surface area contributed by atoms with Gasteiger partial charge < -0.3 is 14.7 Å². The molecule has 4 rings (SSSR count). The van der Waals surface area contributed by atoms with E-state index in [0.29, 0.717) is 49.6 Å². The molecule has 2 aromatic rings. The third-order valence-electron chi connectivity index (χ3n) is 5.97. The van der Waals surface area contributed by atoms with Gasteiger partial charge in [-0.25, -0.2) is 4.39 Å². The van der Waals surface area contributed by atoms with Crippen LogP contribution in [0.3, 0.4) is 0 Å². The number of likely N-dealkylation sites (tertiary alicyclic amines) is 1. The van der Waals surface area contributed by atoms with E-state index in [1.807, 2.05) is 29.2 Å². The topological polar surface area (TPSA) is 43.9 Å². The van der Waals surface area contributed by atoms with E-state index in [9.17, 15) is 14.0 Å². The highest BCUT2D eigenvalue weighted by atomic mass is 35.5. The average Bonchev–Trinajstić information content (AvgIpc) is 2.78. The van der Waals surface area contributed by atoms with Crippen LogP contribution >= 0.6 is 11.6 Å². The first-order chi connectivity index (χ1) is 14.5. The van der Waals surface area contributed by atoms with Crippen LogP contribution in [0.5, 0.6) is 0 Å². The van der Waals surface area contributed by atoms with E-state index in [-0.39, 0.29) is 17.7 Å². The average molecular weight is 430 g/mol. The normalized spacial score (nSPS) is 17.9. The maximum atomic E-state index is 13.4. The van der Waals surface area contributed by atoms with Crippen molar-refractivity contribution in [2.24, 2.45) is 5.92 Å². The molecule has 0 radical (unpaired) electrons. The van der Waals surface area contributed by atoms with Crippen LogP contribution in [0.25, 0.3) is 0 Å². The summed E-state index contributed by atoms with van der Waals surface area (Å²) in [5, 5.41) is 0.713. The van der Waals surface area contributed by atoms with E-state index >= 15 is 0 Å². The van der Waals surface area contributed by atoms with Gasteiger partial charge in [0, 0.05) is 61.5 Å². The van der Waals surface area contributed by atoms with Crippen LogP contribution in [0.15, 0.2) is 48.5 Å². The van der Waals surface area contributed by atoms with Gasteiger partial charge in [-0.15, -0.1) is 0 Å².